The van der Waals surface area contributed by atoms with Crippen LogP contribution in [0.25, 0.3) is 0 Å². The van der Waals surface area contributed by atoms with Crippen molar-refractivity contribution in [1.82, 2.24) is 4.90 Å². The molecule has 1 N–H and O–H groups in total. The Morgan fingerprint density at radius 2 is 1.91 bits per heavy atom. The molecule has 0 radical (unpaired) electrons. The SMILES string of the molecule is CC(=O)N1CCc2ccc(NC(=O)c3ccccc3Br)cc2C1. The molecular weight excluding hydrogens is 356 g/mol. The van der Waals surface area contributed by atoms with Crippen molar-refractivity contribution >= 4 is 33.4 Å². The highest BCUT2D eigenvalue weighted by atomic mass is 79.9. The Hall–Kier alpha value is -2.14. The van der Waals surface area contributed by atoms with Crippen LogP contribution in [0.4, 0.5) is 5.69 Å². The molecule has 1 aliphatic heterocycles. The Balaban J connectivity index is 1.80. The molecule has 4 nitrogen and oxygen atoms in total. The summed E-state index contributed by atoms with van der Waals surface area (Å²) in [6.45, 7) is 2.94. The largest absolute Gasteiger partial charge is 0.338 e. The van der Waals surface area contributed by atoms with Gasteiger partial charge in [0.15, 0.2) is 0 Å². The molecule has 23 heavy (non-hydrogen) atoms. The first kappa shape index (κ1) is 15.7. The number of nitrogens with zero attached hydrogens (tertiary/aromatic N) is 1. The summed E-state index contributed by atoms with van der Waals surface area (Å²) in [5.41, 5.74) is 3.67. The number of hydrogen-bond donors (Lipinski definition) is 1. The van der Waals surface area contributed by atoms with Crippen LogP contribution in [-0.4, -0.2) is 23.3 Å². The first-order valence-electron chi connectivity index (χ1n) is 7.48. The molecule has 0 unspecified atom stereocenters. The molecule has 0 spiro atoms. The second-order valence-electron chi connectivity index (χ2n) is 5.61. The van der Waals surface area contributed by atoms with Gasteiger partial charge in [-0.3, -0.25) is 9.59 Å². The maximum atomic E-state index is 12.4. The summed E-state index contributed by atoms with van der Waals surface area (Å²) < 4.78 is 0.762. The zero-order valence-electron chi connectivity index (χ0n) is 12.8. The summed E-state index contributed by atoms with van der Waals surface area (Å²) >= 11 is 3.39. The second-order valence-corrected chi connectivity index (χ2v) is 6.46. The number of carbonyl (C=O) groups excluding carboxylic acids is 2. The maximum Gasteiger partial charge on any atom is 0.256 e. The van der Waals surface area contributed by atoms with Crippen LogP contribution in [0.1, 0.15) is 28.4 Å². The first-order chi connectivity index (χ1) is 11.0. The van der Waals surface area contributed by atoms with Crippen molar-refractivity contribution in [3.8, 4) is 0 Å². The summed E-state index contributed by atoms with van der Waals surface area (Å²) in [5.74, 6) is -0.0741. The fourth-order valence-corrected chi connectivity index (χ4v) is 3.21. The summed E-state index contributed by atoms with van der Waals surface area (Å²) in [7, 11) is 0. The van der Waals surface area contributed by atoms with Crippen molar-refractivity contribution in [3.63, 3.8) is 0 Å². The van der Waals surface area contributed by atoms with Crippen molar-refractivity contribution in [2.75, 3.05) is 11.9 Å². The van der Waals surface area contributed by atoms with Gasteiger partial charge in [0.25, 0.3) is 5.91 Å². The van der Waals surface area contributed by atoms with E-state index in [0.29, 0.717) is 12.1 Å². The fraction of sp³-hybridized carbons (Fsp3) is 0.222. The number of amides is 2. The molecule has 0 saturated carbocycles. The normalized spacial score (nSPS) is 13.4. The molecule has 118 valence electrons. The van der Waals surface area contributed by atoms with Crippen LogP contribution in [0.15, 0.2) is 46.9 Å². The Bertz CT molecular complexity index is 773. The van der Waals surface area contributed by atoms with E-state index in [1.54, 1.807) is 13.0 Å². The Morgan fingerprint density at radius 1 is 1.13 bits per heavy atom. The van der Waals surface area contributed by atoms with Gasteiger partial charge in [0.05, 0.1) is 5.56 Å². The van der Waals surface area contributed by atoms with Crippen molar-refractivity contribution in [3.05, 3.63) is 63.6 Å². The number of halogens is 1. The second kappa shape index (κ2) is 6.54. The lowest BCUT2D eigenvalue weighted by atomic mass is 9.99. The van der Waals surface area contributed by atoms with Gasteiger partial charge in [-0.2, -0.15) is 0 Å². The average molecular weight is 373 g/mol. The number of rotatable bonds is 2. The van der Waals surface area contributed by atoms with Gasteiger partial charge in [-0.25, -0.2) is 0 Å². The third-order valence-corrected chi connectivity index (χ3v) is 4.73. The Labute approximate surface area is 143 Å². The molecule has 0 aliphatic carbocycles. The molecule has 5 heteroatoms. The molecule has 3 rings (SSSR count). The van der Waals surface area contributed by atoms with Crippen LogP contribution in [-0.2, 0) is 17.8 Å². The molecular formula is C18H17BrN2O2. The van der Waals surface area contributed by atoms with E-state index in [0.717, 1.165) is 28.7 Å². The number of benzene rings is 2. The van der Waals surface area contributed by atoms with Crippen molar-refractivity contribution in [2.45, 2.75) is 19.9 Å². The van der Waals surface area contributed by atoms with Crippen molar-refractivity contribution in [2.24, 2.45) is 0 Å². The van der Waals surface area contributed by atoms with Gasteiger partial charge in [-0.1, -0.05) is 18.2 Å². The Morgan fingerprint density at radius 3 is 2.65 bits per heavy atom. The quantitative estimate of drug-likeness (QED) is 0.875. The molecule has 1 aliphatic rings. The minimum absolute atomic E-state index is 0.0818. The number of carbonyl (C=O) groups is 2. The van der Waals surface area contributed by atoms with E-state index < -0.39 is 0 Å². The van der Waals surface area contributed by atoms with Crippen LogP contribution in [0.5, 0.6) is 0 Å². The van der Waals surface area contributed by atoms with Gasteiger partial charge >= 0.3 is 0 Å². The first-order valence-corrected chi connectivity index (χ1v) is 8.27. The van der Waals surface area contributed by atoms with E-state index in [9.17, 15) is 9.59 Å². The maximum absolute atomic E-state index is 12.4. The van der Waals surface area contributed by atoms with E-state index in [1.807, 2.05) is 41.3 Å². The number of nitrogens with one attached hydrogen (secondary N) is 1. The molecule has 1 heterocycles. The molecule has 0 fully saturated rings. The van der Waals surface area contributed by atoms with E-state index in [2.05, 4.69) is 21.2 Å². The summed E-state index contributed by atoms with van der Waals surface area (Å²) in [6, 6.07) is 13.2. The zero-order chi connectivity index (χ0) is 16.4. The minimum atomic E-state index is -0.156. The highest BCUT2D eigenvalue weighted by Gasteiger charge is 2.19. The molecule has 0 aromatic heterocycles. The van der Waals surface area contributed by atoms with E-state index in [4.69, 9.17) is 0 Å². The zero-order valence-corrected chi connectivity index (χ0v) is 14.4. The van der Waals surface area contributed by atoms with Gasteiger partial charge < -0.3 is 10.2 Å². The topological polar surface area (TPSA) is 49.4 Å². The molecule has 2 aromatic rings. The minimum Gasteiger partial charge on any atom is -0.338 e. The lowest BCUT2D eigenvalue weighted by molar-refractivity contribution is -0.129. The molecule has 2 amide bonds. The number of hydrogen-bond acceptors (Lipinski definition) is 2. The summed E-state index contributed by atoms with van der Waals surface area (Å²) in [5, 5.41) is 2.92. The van der Waals surface area contributed by atoms with Crippen LogP contribution in [0, 0.1) is 0 Å². The number of fused-ring (bicyclic) bond motifs is 1. The third kappa shape index (κ3) is 3.45. The van der Waals surface area contributed by atoms with E-state index >= 15 is 0 Å². The summed E-state index contributed by atoms with van der Waals surface area (Å²) in [6.07, 6.45) is 0.855. The molecule has 0 saturated heterocycles. The van der Waals surface area contributed by atoms with Crippen LogP contribution >= 0.6 is 15.9 Å². The average Bonchev–Trinajstić information content (AvgIpc) is 2.54. The molecule has 0 bridgehead atoms. The van der Waals surface area contributed by atoms with E-state index in [-0.39, 0.29) is 11.8 Å². The Kier molecular flexibility index (Phi) is 4.48. The smallest absolute Gasteiger partial charge is 0.256 e. The monoisotopic (exact) mass is 372 g/mol. The highest BCUT2D eigenvalue weighted by molar-refractivity contribution is 9.10. The molecule has 2 aromatic carbocycles. The number of anilines is 1. The van der Waals surface area contributed by atoms with Crippen molar-refractivity contribution < 1.29 is 9.59 Å². The van der Waals surface area contributed by atoms with Gasteiger partial charge in [-0.15, -0.1) is 0 Å². The third-order valence-electron chi connectivity index (χ3n) is 4.04. The van der Waals surface area contributed by atoms with E-state index in [1.165, 1.54) is 5.56 Å². The lowest BCUT2D eigenvalue weighted by Crippen LogP contribution is -2.34. The molecule has 0 atom stereocenters. The highest BCUT2D eigenvalue weighted by Crippen LogP contribution is 2.24. The standard InChI is InChI=1S/C18H17BrN2O2/c1-12(22)21-9-8-13-6-7-15(10-14(13)11-21)20-18(23)16-4-2-3-5-17(16)19/h2-7,10H,8-9,11H2,1H3,(H,20,23). The lowest BCUT2D eigenvalue weighted by Gasteiger charge is -2.28. The summed E-state index contributed by atoms with van der Waals surface area (Å²) in [4.78, 5) is 25.7. The van der Waals surface area contributed by atoms with Gasteiger partial charge in [0.1, 0.15) is 0 Å². The van der Waals surface area contributed by atoms with Crippen molar-refractivity contribution in [1.29, 1.82) is 0 Å². The van der Waals surface area contributed by atoms with Crippen LogP contribution in [0.3, 0.4) is 0 Å². The fourth-order valence-electron chi connectivity index (χ4n) is 2.75. The van der Waals surface area contributed by atoms with Crippen LogP contribution < -0.4 is 5.32 Å². The van der Waals surface area contributed by atoms with Gasteiger partial charge in [-0.05, 0) is 57.7 Å². The predicted octanol–water partition coefficient (Wildman–Crippen LogP) is 3.61. The predicted molar refractivity (Wildman–Crippen MR) is 93.3 cm³/mol. The van der Waals surface area contributed by atoms with Gasteiger partial charge in [0, 0.05) is 30.2 Å². The van der Waals surface area contributed by atoms with Crippen LogP contribution in [0.2, 0.25) is 0 Å². The van der Waals surface area contributed by atoms with Gasteiger partial charge in [0.2, 0.25) is 5.91 Å².